The summed E-state index contributed by atoms with van der Waals surface area (Å²) in [6.45, 7) is 1.19. The molecule has 1 aliphatic heterocycles. The summed E-state index contributed by atoms with van der Waals surface area (Å²) >= 11 is 0. The lowest BCUT2D eigenvalue weighted by Crippen LogP contribution is -2.27. The molecule has 0 aromatic heterocycles. The minimum absolute atomic E-state index is 0.144. The van der Waals surface area contributed by atoms with E-state index in [1.165, 1.54) is 0 Å². The van der Waals surface area contributed by atoms with E-state index < -0.39 is 5.79 Å². The van der Waals surface area contributed by atoms with Crippen molar-refractivity contribution in [2.75, 3.05) is 13.2 Å². The van der Waals surface area contributed by atoms with Crippen LogP contribution in [0.3, 0.4) is 0 Å². The highest BCUT2D eigenvalue weighted by molar-refractivity contribution is 5.25. The quantitative estimate of drug-likeness (QED) is 0.837. The Labute approximate surface area is 131 Å². The number of ether oxygens (including phenoxy) is 2. The van der Waals surface area contributed by atoms with E-state index in [1.54, 1.807) is 0 Å². The first-order valence-electron chi connectivity index (χ1n) is 7.62. The van der Waals surface area contributed by atoms with Crippen molar-refractivity contribution < 1.29 is 9.47 Å². The molecule has 2 aromatic rings. The van der Waals surface area contributed by atoms with E-state index >= 15 is 0 Å². The summed E-state index contributed by atoms with van der Waals surface area (Å²) in [6, 6.07) is 22.3. The normalized spacial score (nSPS) is 17.8. The van der Waals surface area contributed by atoms with Crippen LogP contribution in [0.15, 0.2) is 60.7 Å². The molecule has 3 nitrogen and oxygen atoms in total. The molecule has 112 valence electrons. The van der Waals surface area contributed by atoms with Gasteiger partial charge in [-0.2, -0.15) is 5.26 Å². The molecular formula is C19H19NO2. The van der Waals surface area contributed by atoms with Crippen LogP contribution in [0, 0.1) is 11.3 Å². The summed E-state index contributed by atoms with van der Waals surface area (Å²) < 4.78 is 11.9. The van der Waals surface area contributed by atoms with Crippen LogP contribution in [0.2, 0.25) is 0 Å². The zero-order valence-electron chi connectivity index (χ0n) is 12.4. The molecule has 0 saturated carbocycles. The van der Waals surface area contributed by atoms with Gasteiger partial charge in [-0.1, -0.05) is 60.7 Å². The smallest absolute Gasteiger partial charge is 0.195 e. The van der Waals surface area contributed by atoms with E-state index in [1.807, 2.05) is 60.7 Å². The Hall–Kier alpha value is -2.15. The summed E-state index contributed by atoms with van der Waals surface area (Å²) in [5.41, 5.74) is 2.07. The van der Waals surface area contributed by atoms with Gasteiger partial charge in [-0.15, -0.1) is 0 Å². The highest BCUT2D eigenvalue weighted by Gasteiger charge is 2.38. The molecule has 1 aliphatic rings. The van der Waals surface area contributed by atoms with Gasteiger partial charge in [-0.3, -0.25) is 0 Å². The summed E-state index contributed by atoms with van der Waals surface area (Å²) in [4.78, 5) is 0. The Morgan fingerprint density at radius 3 is 2.14 bits per heavy atom. The van der Waals surface area contributed by atoms with Crippen LogP contribution in [0.25, 0.3) is 0 Å². The zero-order valence-corrected chi connectivity index (χ0v) is 12.4. The van der Waals surface area contributed by atoms with Crippen LogP contribution in [-0.2, 0) is 15.3 Å². The molecule has 0 amide bonds. The molecule has 3 heteroatoms. The molecular weight excluding hydrogens is 274 g/mol. The zero-order chi connectivity index (χ0) is 15.3. The Kier molecular flexibility index (Phi) is 4.53. The van der Waals surface area contributed by atoms with Crippen LogP contribution in [0.4, 0.5) is 0 Å². The van der Waals surface area contributed by atoms with Crippen molar-refractivity contribution in [2.24, 2.45) is 0 Å². The number of benzene rings is 2. The molecule has 0 aliphatic carbocycles. The highest BCUT2D eigenvalue weighted by Crippen LogP contribution is 2.38. The standard InChI is InChI=1S/C19H19NO2/c20-15-17(16-7-3-1-4-8-16)11-12-19(21-13-14-22-19)18-9-5-2-6-10-18/h1-10,17H,11-14H2. The van der Waals surface area contributed by atoms with Gasteiger partial charge >= 0.3 is 0 Å². The third-order valence-corrected chi connectivity index (χ3v) is 4.09. The van der Waals surface area contributed by atoms with E-state index in [0.717, 1.165) is 11.1 Å². The van der Waals surface area contributed by atoms with E-state index in [-0.39, 0.29) is 5.92 Å². The third kappa shape index (κ3) is 3.04. The Morgan fingerprint density at radius 1 is 0.955 bits per heavy atom. The molecule has 1 heterocycles. The van der Waals surface area contributed by atoms with Crippen molar-refractivity contribution in [3.63, 3.8) is 0 Å². The fourth-order valence-corrected chi connectivity index (χ4v) is 2.93. The van der Waals surface area contributed by atoms with Crippen LogP contribution >= 0.6 is 0 Å². The van der Waals surface area contributed by atoms with Crippen molar-refractivity contribution in [3.8, 4) is 6.07 Å². The number of rotatable bonds is 5. The van der Waals surface area contributed by atoms with Crippen molar-refractivity contribution in [1.29, 1.82) is 5.26 Å². The number of nitriles is 1. The predicted molar refractivity (Wildman–Crippen MR) is 84.1 cm³/mol. The van der Waals surface area contributed by atoms with Gasteiger partial charge in [-0.05, 0) is 12.0 Å². The van der Waals surface area contributed by atoms with Gasteiger partial charge in [0.05, 0.1) is 25.2 Å². The SMILES string of the molecule is N#CC(CCC1(c2ccccc2)OCCO1)c1ccccc1. The third-order valence-electron chi connectivity index (χ3n) is 4.09. The van der Waals surface area contributed by atoms with Gasteiger partial charge in [0.25, 0.3) is 0 Å². The molecule has 1 atom stereocenters. The minimum Gasteiger partial charge on any atom is -0.343 e. The maximum atomic E-state index is 9.48. The second kappa shape index (κ2) is 6.74. The van der Waals surface area contributed by atoms with Crippen molar-refractivity contribution >= 4 is 0 Å². The fourth-order valence-electron chi connectivity index (χ4n) is 2.93. The minimum atomic E-state index is -0.703. The molecule has 3 rings (SSSR count). The molecule has 1 fully saturated rings. The number of nitrogens with zero attached hydrogens (tertiary/aromatic N) is 1. The molecule has 0 radical (unpaired) electrons. The van der Waals surface area contributed by atoms with Crippen LogP contribution in [-0.4, -0.2) is 13.2 Å². The molecule has 2 aromatic carbocycles. The topological polar surface area (TPSA) is 42.2 Å². The first-order chi connectivity index (χ1) is 10.8. The van der Waals surface area contributed by atoms with E-state index in [0.29, 0.717) is 26.1 Å². The first kappa shape index (κ1) is 14.8. The second-order valence-electron chi connectivity index (χ2n) is 5.45. The fraction of sp³-hybridized carbons (Fsp3) is 0.316. The molecule has 22 heavy (non-hydrogen) atoms. The average Bonchev–Trinajstić information content (AvgIpc) is 3.07. The maximum absolute atomic E-state index is 9.48. The van der Waals surface area contributed by atoms with Crippen LogP contribution in [0.1, 0.15) is 29.9 Å². The van der Waals surface area contributed by atoms with E-state index in [4.69, 9.17) is 9.47 Å². The van der Waals surface area contributed by atoms with Gasteiger partial charge in [0.1, 0.15) is 0 Å². The lowest BCUT2D eigenvalue weighted by molar-refractivity contribution is -0.171. The van der Waals surface area contributed by atoms with Crippen LogP contribution in [0.5, 0.6) is 0 Å². The Bertz CT molecular complexity index is 627. The van der Waals surface area contributed by atoms with Crippen LogP contribution < -0.4 is 0 Å². The lowest BCUT2D eigenvalue weighted by atomic mass is 9.91. The summed E-state index contributed by atoms with van der Waals surface area (Å²) in [5, 5.41) is 9.48. The molecule has 0 bridgehead atoms. The number of hydrogen-bond donors (Lipinski definition) is 0. The average molecular weight is 293 g/mol. The molecule has 0 spiro atoms. The summed E-state index contributed by atoms with van der Waals surface area (Å²) in [7, 11) is 0. The Balaban J connectivity index is 1.77. The molecule has 0 N–H and O–H groups in total. The van der Waals surface area contributed by atoms with Crippen molar-refractivity contribution in [1.82, 2.24) is 0 Å². The van der Waals surface area contributed by atoms with Gasteiger partial charge in [0, 0.05) is 12.0 Å². The maximum Gasteiger partial charge on any atom is 0.195 e. The van der Waals surface area contributed by atoms with Crippen molar-refractivity contribution in [2.45, 2.75) is 24.5 Å². The predicted octanol–water partition coefficient (Wildman–Crippen LogP) is 3.97. The van der Waals surface area contributed by atoms with E-state index in [2.05, 4.69) is 6.07 Å². The summed E-state index contributed by atoms with van der Waals surface area (Å²) in [6.07, 6.45) is 1.37. The van der Waals surface area contributed by atoms with Gasteiger partial charge in [-0.25, -0.2) is 0 Å². The molecule has 1 unspecified atom stereocenters. The van der Waals surface area contributed by atoms with Gasteiger partial charge < -0.3 is 9.47 Å². The highest BCUT2D eigenvalue weighted by atomic mass is 16.7. The van der Waals surface area contributed by atoms with Crippen molar-refractivity contribution in [3.05, 3.63) is 71.8 Å². The first-order valence-corrected chi connectivity index (χ1v) is 7.62. The van der Waals surface area contributed by atoms with Gasteiger partial charge in [0.15, 0.2) is 5.79 Å². The number of hydrogen-bond acceptors (Lipinski definition) is 3. The molecule has 1 saturated heterocycles. The second-order valence-corrected chi connectivity index (χ2v) is 5.45. The Morgan fingerprint density at radius 2 is 1.55 bits per heavy atom. The monoisotopic (exact) mass is 293 g/mol. The van der Waals surface area contributed by atoms with E-state index in [9.17, 15) is 5.26 Å². The largest absolute Gasteiger partial charge is 0.343 e. The summed E-state index contributed by atoms with van der Waals surface area (Å²) in [5.74, 6) is -0.847. The van der Waals surface area contributed by atoms with Gasteiger partial charge in [0.2, 0.25) is 0 Å². The lowest BCUT2D eigenvalue weighted by Gasteiger charge is -2.28.